The maximum atomic E-state index is 12.3. The first-order valence-corrected chi connectivity index (χ1v) is 4.40. The second-order valence-corrected chi connectivity index (χ2v) is 3.04. The first kappa shape index (κ1) is 10.2. The van der Waals surface area contributed by atoms with Crippen molar-refractivity contribution in [1.82, 2.24) is 14.8 Å². The normalized spacial score (nSPS) is 10.4. The van der Waals surface area contributed by atoms with E-state index in [-0.39, 0.29) is 5.56 Å². The van der Waals surface area contributed by atoms with Crippen molar-refractivity contribution < 1.29 is 8.78 Å². The fourth-order valence-electron chi connectivity index (χ4n) is 1.16. The number of halogens is 2. The van der Waals surface area contributed by atoms with Gasteiger partial charge in [0, 0.05) is 12.4 Å². The third-order valence-corrected chi connectivity index (χ3v) is 1.97. The molecule has 0 spiro atoms. The molecule has 0 aliphatic heterocycles. The first-order valence-electron chi connectivity index (χ1n) is 4.40. The number of alkyl halides is 2. The molecule has 0 saturated heterocycles. The Morgan fingerprint density at radius 1 is 1.31 bits per heavy atom. The molecule has 2 rings (SSSR count). The van der Waals surface area contributed by atoms with Crippen molar-refractivity contribution in [3.05, 3.63) is 41.9 Å². The summed E-state index contributed by atoms with van der Waals surface area (Å²) in [6, 6.07) is 5.01. The third-order valence-electron chi connectivity index (χ3n) is 1.97. The quantitative estimate of drug-likeness (QED) is 0.778. The summed E-state index contributed by atoms with van der Waals surface area (Å²) in [6.07, 6.45) is 1.11. The van der Waals surface area contributed by atoms with E-state index >= 15 is 0 Å². The summed E-state index contributed by atoms with van der Waals surface area (Å²) in [4.78, 5) is 3.93. The SMILES string of the molecule is N#Cc1ccc(-n2cc(C(F)F)cn2)nc1. The van der Waals surface area contributed by atoms with Crippen LogP contribution in [0.15, 0.2) is 30.7 Å². The molecule has 6 heteroatoms. The van der Waals surface area contributed by atoms with E-state index in [0.717, 1.165) is 6.20 Å². The predicted molar refractivity (Wildman–Crippen MR) is 51.0 cm³/mol. The van der Waals surface area contributed by atoms with Crippen LogP contribution in [0.5, 0.6) is 0 Å². The van der Waals surface area contributed by atoms with Gasteiger partial charge in [-0.3, -0.25) is 0 Å². The largest absolute Gasteiger partial charge is 0.266 e. The second kappa shape index (κ2) is 4.06. The molecule has 0 aliphatic rings. The summed E-state index contributed by atoms with van der Waals surface area (Å²) >= 11 is 0. The molecule has 16 heavy (non-hydrogen) atoms. The van der Waals surface area contributed by atoms with E-state index in [1.807, 2.05) is 6.07 Å². The first-order chi connectivity index (χ1) is 7.70. The molecule has 0 atom stereocenters. The zero-order chi connectivity index (χ0) is 11.5. The summed E-state index contributed by atoms with van der Waals surface area (Å²) in [5.74, 6) is 0.394. The minimum absolute atomic E-state index is 0.161. The molecule has 0 aliphatic carbocycles. The van der Waals surface area contributed by atoms with Crippen molar-refractivity contribution in [3.63, 3.8) is 0 Å². The van der Waals surface area contributed by atoms with Crippen LogP contribution >= 0.6 is 0 Å². The molecule has 0 aromatic carbocycles. The lowest BCUT2D eigenvalue weighted by atomic mass is 10.3. The van der Waals surface area contributed by atoms with Crippen LogP contribution in [0.3, 0.4) is 0 Å². The van der Waals surface area contributed by atoms with Crippen molar-refractivity contribution in [3.8, 4) is 11.9 Å². The highest BCUT2D eigenvalue weighted by Crippen LogP contribution is 2.18. The average Bonchev–Trinajstić information content (AvgIpc) is 2.78. The molecule has 0 amide bonds. The van der Waals surface area contributed by atoms with Crippen LogP contribution in [-0.2, 0) is 0 Å². The van der Waals surface area contributed by atoms with Crippen LogP contribution in [0.25, 0.3) is 5.82 Å². The lowest BCUT2D eigenvalue weighted by Gasteiger charge is -1.98. The van der Waals surface area contributed by atoms with E-state index in [0.29, 0.717) is 11.4 Å². The van der Waals surface area contributed by atoms with E-state index in [2.05, 4.69) is 10.1 Å². The Balaban J connectivity index is 2.32. The van der Waals surface area contributed by atoms with E-state index in [1.54, 1.807) is 12.1 Å². The van der Waals surface area contributed by atoms with Crippen LogP contribution < -0.4 is 0 Å². The van der Waals surface area contributed by atoms with E-state index < -0.39 is 6.43 Å². The van der Waals surface area contributed by atoms with Gasteiger partial charge in [0.05, 0.1) is 17.3 Å². The van der Waals surface area contributed by atoms with Crippen LogP contribution in [0, 0.1) is 11.3 Å². The third kappa shape index (κ3) is 1.88. The molecule has 80 valence electrons. The fraction of sp³-hybridized carbons (Fsp3) is 0.100. The van der Waals surface area contributed by atoms with Crippen molar-refractivity contribution in [2.45, 2.75) is 6.43 Å². The number of rotatable bonds is 2. The Labute approximate surface area is 89.8 Å². The monoisotopic (exact) mass is 220 g/mol. The summed E-state index contributed by atoms with van der Waals surface area (Å²) in [6.45, 7) is 0. The number of hydrogen-bond donors (Lipinski definition) is 0. The molecule has 0 unspecified atom stereocenters. The second-order valence-electron chi connectivity index (χ2n) is 3.04. The van der Waals surface area contributed by atoms with E-state index in [9.17, 15) is 8.78 Å². The van der Waals surface area contributed by atoms with Crippen LogP contribution in [-0.4, -0.2) is 14.8 Å². The summed E-state index contributed by atoms with van der Waals surface area (Å²) in [7, 11) is 0. The van der Waals surface area contributed by atoms with Gasteiger partial charge in [0.25, 0.3) is 6.43 Å². The minimum Gasteiger partial charge on any atom is -0.236 e. The number of nitriles is 1. The summed E-state index contributed by atoms with van der Waals surface area (Å²) in [5, 5.41) is 12.3. The lowest BCUT2D eigenvalue weighted by molar-refractivity contribution is 0.151. The Bertz CT molecular complexity index is 524. The average molecular weight is 220 g/mol. The lowest BCUT2D eigenvalue weighted by Crippen LogP contribution is -1.97. The number of nitrogens with zero attached hydrogens (tertiary/aromatic N) is 4. The van der Waals surface area contributed by atoms with Crippen molar-refractivity contribution >= 4 is 0 Å². The zero-order valence-electron chi connectivity index (χ0n) is 8.01. The van der Waals surface area contributed by atoms with Gasteiger partial charge >= 0.3 is 0 Å². The Morgan fingerprint density at radius 3 is 2.62 bits per heavy atom. The molecule has 0 bridgehead atoms. The van der Waals surface area contributed by atoms with Crippen LogP contribution in [0.1, 0.15) is 17.6 Å². The zero-order valence-corrected chi connectivity index (χ0v) is 8.01. The van der Waals surface area contributed by atoms with Crippen LogP contribution in [0.4, 0.5) is 8.78 Å². The molecule has 0 fully saturated rings. The molecule has 0 saturated carbocycles. The molecule has 0 N–H and O–H groups in total. The Hall–Kier alpha value is -2.29. The predicted octanol–water partition coefficient (Wildman–Crippen LogP) is 2.08. The highest BCUT2D eigenvalue weighted by atomic mass is 19.3. The number of hydrogen-bond acceptors (Lipinski definition) is 3. The molecule has 2 heterocycles. The topological polar surface area (TPSA) is 54.5 Å². The molecule has 4 nitrogen and oxygen atoms in total. The number of pyridine rings is 1. The van der Waals surface area contributed by atoms with Crippen molar-refractivity contribution in [2.75, 3.05) is 0 Å². The van der Waals surface area contributed by atoms with Gasteiger partial charge in [0.1, 0.15) is 6.07 Å². The minimum atomic E-state index is -2.55. The van der Waals surface area contributed by atoms with Gasteiger partial charge in [0.2, 0.25) is 0 Å². The van der Waals surface area contributed by atoms with Crippen molar-refractivity contribution in [1.29, 1.82) is 5.26 Å². The summed E-state index contributed by atoms with van der Waals surface area (Å²) < 4.78 is 25.8. The molecular formula is C10H6F2N4. The number of aromatic nitrogens is 3. The molecule has 2 aromatic rings. The van der Waals surface area contributed by atoms with E-state index in [4.69, 9.17) is 5.26 Å². The Kier molecular flexibility index (Phi) is 2.60. The smallest absolute Gasteiger partial charge is 0.236 e. The maximum absolute atomic E-state index is 12.3. The highest BCUT2D eigenvalue weighted by Gasteiger charge is 2.10. The summed E-state index contributed by atoms with van der Waals surface area (Å²) in [5.41, 5.74) is 0.246. The van der Waals surface area contributed by atoms with E-state index in [1.165, 1.54) is 17.1 Å². The van der Waals surface area contributed by atoms with Crippen LogP contribution in [0.2, 0.25) is 0 Å². The van der Waals surface area contributed by atoms with Gasteiger partial charge in [-0.15, -0.1) is 0 Å². The van der Waals surface area contributed by atoms with Gasteiger partial charge in [-0.1, -0.05) is 0 Å². The fourth-order valence-corrected chi connectivity index (χ4v) is 1.16. The van der Waals surface area contributed by atoms with Gasteiger partial charge in [-0.25, -0.2) is 18.4 Å². The Morgan fingerprint density at radius 2 is 2.12 bits per heavy atom. The van der Waals surface area contributed by atoms with Gasteiger partial charge in [0.15, 0.2) is 5.82 Å². The van der Waals surface area contributed by atoms with Crippen molar-refractivity contribution in [2.24, 2.45) is 0 Å². The van der Waals surface area contributed by atoms with Gasteiger partial charge in [-0.05, 0) is 12.1 Å². The van der Waals surface area contributed by atoms with Gasteiger partial charge in [-0.2, -0.15) is 10.4 Å². The maximum Gasteiger partial charge on any atom is 0.266 e. The van der Waals surface area contributed by atoms with Gasteiger partial charge < -0.3 is 0 Å². The standard InChI is InChI=1S/C10H6F2N4/c11-10(12)8-5-15-16(6-8)9-2-1-7(3-13)4-14-9/h1-2,4-6,10H. The highest BCUT2D eigenvalue weighted by molar-refractivity contribution is 5.31. The molecule has 0 radical (unpaired) electrons. The molecule has 2 aromatic heterocycles. The molecular weight excluding hydrogens is 214 g/mol.